The predicted molar refractivity (Wildman–Crippen MR) is 106 cm³/mol. The first-order chi connectivity index (χ1) is 13.1. The van der Waals surface area contributed by atoms with E-state index >= 15 is 0 Å². The lowest BCUT2D eigenvalue weighted by molar-refractivity contribution is 0.0998. The zero-order valence-electron chi connectivity index (χ0n) is 15.1. The molecule has 2 heterocycles. The molecule has 132 valence electrons. The molecule has 1 amide bonds. The third-order valence-electron chi connectivity index (χ3n) is 4.38. The van der Waals surface area contributed by atoms with E-state index in [2.05, 4.69) is 21.1 Å². The fraction of sp³-hybridized carbons (Fsp3) is 0.0909. The minimum Gasteiger partial charge on any atom is -0.265 e. The van der Waals surface area contributed by atoms with Gasteiger partial charge >= 0.3 is 0 Å². The Hall–Kier alpha value is -3.60. The van der Waals surface area contributed by atoms with Crippen molar-refractivity contribution in [3.63, 3.8) is 0 Å². The van der Waals surface area contributed by atoms with Crippen LogP contribution in [0.25, 0.3) is 16.8 Å². The summed E-state index contributed by atoms with van der Waals surface area (Å²) < 4.78 is 1.67. The number of benzene rings is 2. The van der Waals surface area contributed by atoms with Gasteiger partial charge in [0.25, 0.3) is 5.91 Å². The van der Waals surface area contributed by atoms with Crippen LogP contribution >= 0.6 is 0 Å². The maximum absolute atomic E-state index is 12.6. The lowest BCUT2D eigenvalue weighted by atomic mass is 10.1. The summed E-state index contributed by atoms with van der Waals surface area (Å²) in [4.78, 5) is 21.4. The van der Waals surface area contributed by atoms with Crippen LogP contribution in [0, 0.1) is 6.92 Å². The summed E-state index contributed by atoms with van der Waals surface area (Å²) in [6.07, 6.45) is 3.51. The summed E-state index contributed by atoms with van der Waals surface area (Å²) in [6.45, 7) is 3.86. The standard InChI is InChI=1S/C22H18N4O/c1-15-7-6-10-18(13-15)19-14-23-26-12-11-20(25-21(19)26)22(27)24-16(2)17-8-4-3-5-9-17/h3-14H,1-2H3. The van der Waals surface area contributed by atoms with Gasteiger partial charge in [0.05, 0.1) is 6.20 Å². The van der Waals surface area contributed by atoms with Gasteiger partial charge in [-0.1, -0.05) is 60.2 Å². The van der Waals surface area contributed by atoms with Crippen LogP contribution in [0.2, 0.25) is 0 Å². The summed E-state index contributed by atoms with van der Waals surface area (Å²) in [6, 6.07) is 19.4. The van der Waals surface area contributed by atoms with Crippen molar-refractivity contribution in [2.75, 3.05) is 0 Å². The van der Waals surface area contributed by atoms with Gasteiger partial charge in [-0.05, 0) is 31.0 Å². The third kappa shape index (κ3) is 3.40. The quantitative estimate of drug-likeness (QED) is 0.514. The number of aliphatic imine (C=N–C) groups is 1. The Morgan fingerprint density at radius 1 is 1.04 bits per heavy atom. The van der Waals surface area contributed by atoms with Crippen molar-refractivity contribution in [1.82, 2.24) is 14.6 Å². The van der Waals surface area contributed by atoms with Crippen LogP contribution in [-0.2, 0) is 0 Å². The van der Waals surface area contributed by atoms with E-state index in [9.17, 15) is 4.79 Å². The van der Waals surface area contributed by atoms with E-state index in [0.717, 1.165) is 22.3 Å². The number of aryl methyl sites for hydroxylation is 1. The van der Waals surface area contributed by atoms with Gasteiger partial charge in [-0.15, -0.1) is 0 Å². The number of aromatic nitrogens is 3. The molecule has 0 unspecified atom stereocenters. The van der Waals surface area contributed by atoms with E-state index in [4.69, 9.17) is 0 Å². The minimum absolute atomic E-state index is 0.298. The van der Waals surface area contributed by atoms with Gasteiger partial charge in [-0.2, -0.15) is 5.10 Å². The van der Waals surface area contributed by atoms with Crippen LogP contribution in [0.3, 0.4) is 0 Å². The number of carbonyl (C=O) groups excluding carboxylic acids is 1. The normalized spacial score (nSPS) is 11.7. The van der Waals surface area contributed by atoms with Crippen LogP contribution in [0.4, 0.5) is 0 Å². The molecule has 4 rings (SSSR count). The Labute approximate surface area is 157 Å². The minimum atomic E-state index is -0.366. The molecule has 0 saturated carbocycles. The second kappa shape index (κ2) is 6.96. The zero-order chi connectivity index (χ0) is 18.8. The van der Waals surface area contributed by atoms with Gasteiger partial charge in [0.15, 0.2) is 5.65 Å². The maximum Gasteiger partial charge on any atom is 0.295 e. The van der Waals surface area contributed by atoms with Crippen molar-refractivity contribution in [3.8, 4) is 11.1 Å². The van der Waals surface area contributed by atoms with Gasteiger partial charge in [0.1, 0.15) is 5.69 Å². The second-order valence-corrected chi connectivity index (χ2v) is 6.38. The highest BCUT2D eigenvalue weighted by molar-refractivity contribution is 6.09. The van der Waals surface area contributed by atoms with E-state index in [0.29, 0.717) is 17.1 Å². The maximum atomic E-state index is 12.6. The molecule has 2 aromatic carbocycles. The average molecular weight is 354 g/mol. The first-order valence-corrected chi connectivity index (χ1v) is 8.68. The Balaban J connectivity index is 1.73. The first kappa shape index (κ1) is 16.8. The molecule has 4 aromatic rings. The van der Waals surface area contributed by atoms with E-state index in [1.54, 1.807) is 23.0 Å². The highest BCUT2D eigenvalue weighted by Gasteiger charge is 2.13. The number of rotatable bonds is 3. The van der Waals surface area contributed by atoms with Crippen molar-refractivity contribution in [2.45, 2.75) is 13.8 Å². The highest BCUT2D eigenvalue weighted by atomic mass is 16.1. The molecule has 0 aliphatic rings. The van der Waals surface area contributed by atoms with Crippen LogP contribution in [0.5, 0.6) is 0 Å². The van der Waals surface area contributed by atoms with Gasteiger partial charge in [0.2, 0.25) is 0 Å². The predicted octanol–water partition coefficient (Wildman–Crippen LogP) is 4.35. The van der Waals surface area contributed by atoms with Crippen LogP contribution < -0.4 is 0 Å². The Bertz CT molecular complexity index is 1160. The zero-order valence-corrected chi connectivity index (χ0v) is 15.1. The summed E-state index contributed by atoms with van der Waals surface area (Å²) in [5, 5.41) is 4.34. The van der Waals surface area contributed by atoms with Crippen molar-refractivity contribution >= 4 is 17.3 Å². The van der Waals surface area contributed by atoms with Crippen molar-refractivity contribution in [3.05, 3.63) is 89.9 Å². The largest absolute Gasteiger partial charge is 0.295 e. The number of amides is 1. The molecule has 2 aromatic heterocycles. The fourth-order valence-electron chi connectivity index (χ4n) is 2.96. The third-order valence-corrected chi connectivity index (χ3v) is 4.38. The summed E-state index contributed by atoms with van der Waals surface area (Å²) in [5.74, 6) is -0.366. The number of carbonyl (C=O) groups is 1. The molecular weight excluding hydrogens is 336 g/mol. The molecule has 0 fully saturated rings. The summed E-state index contributed by atoms with van der Waals surface area (Å²) in [5.41, 5.74) is 5.57. The number of hydrogen-bond acceptors (Lipinski definition) is 3. The lowest BCUT2D eigenvalue weighted by Gasteiger charge is -2.03. The summed E-state index contributed by atoms with van der Waals surface area (Å²) >= 11 is 0. The molecule has 0 spiro atoms. The molecule has 5 nitrogen and oxygen atoms in total. The monoisotopic (exact) mass is 354 g/mol. The number of fused-ring (bicyclic) bond motifs is 1. The Morgan fingerprint density at radius 3 is 2.63 bits per heavy atom. The van der Waals surface area contributed by atoms with Gasteiger partial charge in [0, 0.05) is 17.5 Å². The van der Waals surface area contributed by atoms with Gasteiger partial charge in [-0.3, -0.25) is 4.79 Å². The molecule has 27 heavy (non-hydrogen) atoms. The molecule has 0 N–H and O–H groups in total. The van der Waals surface area contributed by atoms with E-state index in [-0.39, 0.29) is 5.91 Å². The Kier molecular flexibility index (Phi) is 4.34. The highest BCUT2D eigenvalue weighted by Crippen LogP contribution is 2.24. The molecule has 0 aliphatic carbocycles. The van der Waals surface area contributed by atoms with Crippen molar-refractivity contribution < 1.29 is 4.79 Å². The second-order valence-electron chi connectivity index (χ2n) is 6.38. The van der Waals surface area contributed by atoms with E-state index < -0.39 is 0 Å². The SMILES string of the molecule is CC(=NC(=O)c1ccn2ncc(-c3cccc(C)c3)c2n1)c1ccccc1. The van der Waals surface area contributed by atoms with Crippen LogP contribution in [-0.4, -0.2) is 26.2 Å². The van der Waals surface area contributed by atoms with Crippen molar-refractivity contribution in [2.24, 2.45) is 4.99 Å². The number of nitrogens with zero attached hydrogens (tertiary/aromatic N) is 4. The van der Waals surface area contributed by atoms with Gasteiger partial charge in [-0.25, -0.2) is 14.5 Å². The van der Waals surface area contributed by atoms with Crippen LogP contribution in [0.1, 0.15) is 28.5 Å². The van der Waals surface area contributed by atoms with Gasteiger partial charge < -0.3 is 0 Å². The molecule has 0 atom stereocenters. The molecule has 0 aliphatic heterocycles. The van der Waals surface area contributed by atoms with Crippen molar-refractivity contribution in [1.29, 1.82) is 0 Å². The topological polar surface area (TPSA) is 59.6 Å². The first-order valence-electron chi connectivity index (χ1n) is 8.68. The van der Waals surface area contributed by atoms with E-state index in [1.807, 2.05) is 62.4 Å². The molecule has 0 radical (unpaired) electrons. The van der Waals surface area contributed by atoms with E-state index in [1.165, 1.54) is 0 Å². The molecular formula is C22H18N4O. The molecule has 0 saturated heterocycles. The molecule has 5 heteroatoms. The smallest absolute Gasteiger partial charge is 0.265 e. The molecule has 0 bridgehead atoms. The Morgan fingerprint density at radius 2 is 1.85 bits per heavy atom. The fourth-order valence-corrected chi connectivity index (χ4v) is 2.96. The average Bonchev–Trinajstić information content (AvgIpc) is 3.12. The van der Waals surface area contributed by atoms with Crippen LogP contribution in [0.15, 0.2) is 78.0 Å². The summed E-state index contributed by atoms with van der Waals surface area (Å²) in [7, 11) is 0. The lowest BCUT2D eigenvalue weighted by Crippen LogP contribution is -2.05. The number of hydrogen-bond donors (Lipinski definition) is 0.